The van der Waals surface area contributed by atoms with E-state index in [2.05, 4.69) is 16.1 Å². The lowest BCUT2D eigenvalue weighted by molar-refractivity contribution is -0.313. The highest BCUT2D eigenvalue weighted by Crippen LogP contribution is 2.51. The molecular formula is C8H9F5O2. The standard InChI is InChI=1S/C8H9F5O2/c1-3-14-5-4-15-6(2,7(5,9)10)8(11,12)13/h3,5H,1,4H2,2H3. The maximum Gasteiger partial charge on any atom is 0.423 e. The average Bonchev–Trinajstić information content (AvgIpc) is 2.29. The minimum atomic E-state index is -5.16. The van der Waals surface area contributed by atoms with E-state index in [-0.39, 0.29) is 0 Å². The zero-order valence-corrected chi connectivity index (χ0v) is 7.78. The van der Waals surface area contributed by atoms with Crippen molar-refractivity contribution in [3.8, 4) is 0 Å². The number of hydrogen-bond donors (Lipinski definition) is 0. The summed E-state index contributed by atoms with van der Waals surface area (Å²) in [5.74, 6) is -4.14. The molecule has 0 N–H and O–H groups in total. The van der Waals surface area contributed by atoms with Crippen LogP contribution in [-0.2, 0) is 9.47 Å². The second-order valence-electron chi connectivity index (χ2n) is 3.26. The summed E-state index contributed by atoms with van der Waals surface area (Å²) in [7, 11) is 0. The topological polar surface area (TPSA) is 18.5 Å². The van der Waals surface area contributed by atoms with Crippen LogP contribution in [0.4, 0.5) is 22.0 Å². The number of alkyl halides is 5. The molecule has 2 atom stereocenters. The lowest BCUT2D eigenvalue weighted by Gasteiger charge is -2.32. The first-order valence-electron chi connectivity index (χ1n) is 4.01. The van der Waals surface area contributed by atoms with Crippen molar-refractivity contribution in [1.82, 2.24) is 0 Å². The highest BCUT2D eigenvalue weighted by Gasteiger charge is 2.75. The molecule has 0 aromatic carbocycles. The van der Waals surface area contributed by atoms with E-state index in [0.29, 0.717) is 13.2 Å². The van der Waals surface area contributed by atoms with Crippen LogP contribution in [0.15, 0.2) is 12.8 Å². The van der Waals surface area contributed by atoms with Crippen LogP contribution < -0.4 is 0 Å². The van der Waals surface area contributed by atoms with Crippen LogP contribution in [-0.4, -0.2) is 30.4 Å². The second kappa shape index (κ2) is 3.33. The van der Waals surface area contributed by atoms with E-state index >= 15 is 0 Å². The zero-order valence-electron chi connectivity index (χ0n) is 7.78. The van der Waals surface area contributed by atoms with E-state index in [0.717, 1.165) is 0 Å². The number of halogens is 5. The first-order valence-corrected chi connectivity index (χ1v) is 4.01. The fraction of sp³-hybridized carbons (Fsp3) is 0.750. The Kier molecular flexibility index (Phi) is 2.71. The van der Waals surface area contributed by atoms with Crippen LogP contribution in [0.1, 0.15) is 6.92 Å². The molecule has 7 heteroatoms. The Morgan fingerprint density at radius 2 is 2.00 bits per heavy atom. The van der Waals surface area contributed by atoms with Gasteiger partial charge in [-0.1, -0.05) is 6.58 Å². The average molecular weight is 232 g/mol. The molecule has 88 valence electrons. The number of rotatable bonds is 2. The van der Waals surface area contributed by atoms with Crippen molar-refractivity contribution in [2.75, 3.05) is 6.61 Å². The predicted octanol–water partition coefficient (Wildman–Crippen LogP) is 2.50. The lowest BCUT2D eigenvalue weighted by Crippen LogP contribution is -2.57. The molecule has 1 aliphatic rings. The number of hydrogen-bond acceptors (Lipinski definition) is 2. The van der Waals surface area contributed by atoms with Gasteiger partial charge < -0.3 is 9.47 Å². The smallest absolute Gasteiger partial charge is 0.423 e. The Labute approximate surface area is 82.7 Å². The van der Waals surface area contributed by atoms with E-state index < -0.39 is 30.4 Å². The van der Waals surface area contributed by atoms with Gasteiger partial charge in [-0.15, -0.1) is 0 Å². The van der Waals surface area contributed by atoms with Gasteiger partial charge in [0.15, 0.2) is 6.10 Å². The molecule has 1 fully saturated rings. The molecule has 0 amide bonds. The first kappa shape index (κ1) is 12.2. The molecule has 1 heterocycles. The minimum absolute atomic E-state index is 0.305. The predicted molar refractivity (Wildman–Crippen MR) is 40.4 cm³/mol. The fourth-order valence-corrected chi connectivity index (χ4v) is 1.26. The van der Waals surface area contributed by atoms with Crippen LogP contribution in [0.25, 0.3) is 0 Å². The maximum absolute atomic E-state index is 13.3. The van der Waals surface area contributed by atoms with E-state index in [1.54, 1.807) is 0 Å². The van der Waals surface area contributed by atoms with Gasteiger partial charge in [0.05, 0.1) is 12.9 Å². The van der Waals surface area contributed by atoms with E-state index in [1.807, 2.05) is 0 Å². The van der Waals surface area contributed by atoms with Gasteiger partial charge >= 0.3 is 12.1 Å². The van der Waals surface area contributed by atoms with Gasteiger partial charge in [0, 0.05) is 0 Å². The third-order valence-corrected chi connectivity index (χ3v) is 2.37. The van der Waals surface area contributed by atoms with Crippen molar-refractivity contribution >= 4 is 0 Å². The lowest BCUT2D eigenvalue weighted by atomic mass is 9.96. The third-order valence-electron chi connectivity index (χ3n) is 2.37. The van der Waals surface area contributed by atoms with Crippen molar-refractivity contribution < 1.29 is 31.4 Å². The molecule has 0 aromatic rings. The van der Waals surface area contributed by atoms with Crippen molar-refractivity contribution in [2.45, 2.75) is 30.7 Å². The van der Waals surface area contributed by atoms with Gasteiger partial charge in [0.1, 0.15) is 0 Å². The van der Waals surface area contributed by atoms with Crippen LogP contribution in [0.2, 0.25) is 0 Å². The molecule has 2 nitrogen and oxygen atoms in total. The molecule has 1 aliphatic heterocycles. The summed E-state index contributed by atoms with van der Waals surface area (Å²) in [6.45, 7) is 2.49. The summed E-state index contributed by atoms with van der Waals surface area (Å²) < 4.78 is 72.2. The largest absolute Gasteiger partial charge is 0.490 e. The molecule has 0 aliphatic carbocycles. The summed E-state index contributed by atoms with van der Waals surface area (Å²) in [4.78, 5) is 0. The summed E-state index contributed by atoms with van der Waals surface area (Å²) >= 11 is 0. The van der Waals surface area contributed by atoms with Crippen LogP contribution in [0.5, 0.6) is 0 Å². The quantitative estimate of drug-likeness (QED) is 0.538. The summed E-state index contributed by atoms with van der Waals surface area (Å²) in [6, 6.07) is 0. The molecule has 0 radical (unpaired) electrons. The molecule has 0 aromatic heterocycles. The Morgan fingerprint density at radius 3 is 2.33 bits per heavy atom. The maximum atomic E-state index is 13.3. The highest BCUT2D eigenvalue weighted by atomic mass is 19.4. The monoisotopic (exact) mass is 232 g/mol. The molecule has 15 heavy (non-hydrogen) atoms. The first-order chi connectivity index (χ1) is 6.67. The van der Waals surface area contributed by atoms with Crippen LogP contribution in [0.3, 0.4) is 0 Å². The van der Waals surface area contributed by atoms with Gasteiger partial charge in [-0.05, 0) is 6.92 Å². The Morgan fingerprint density at radius 1 is 1.47 bits per heavy atom. The Balaban J connectivity index is 3.01. The Hall–Kier alpha value is -0.850. The highest BCUT2D eigenvalue weighted by molar-refractivity contribution is 5.06. The van der Waals surface area contributed by atoms with Crippen molar-refractivity contribution in [3.05, 3.63) is 12.8 Å². The van der Waals surface area contributed by atoms with E-state index in [1.165, 1.54) is 0 Å². The van der Waals surface area contributed by atoms with Gasteiger partial charge in [-0.2, -0.15) is 22.0 Å². The minimum Gasteiger partial charge on any atom is -0.490 e. The van der Waals surface area contributed by atoms with Crippen LogP contribution >= 0.6 is 0 Å². The molecule has 1 rings (SSSR count). The van der Waals surface area contributed by atoms with Gasteiger partial charge in [0.2, 0.25) is 5.60 Å². The van der Waals surface area contributed by atoms with Crippen molar-refractivity contribution in [1.29, 1.82) is 0 Å². The van der Waals surface area contributed by atoms with E-state index in [9.17, 15) is 22.0 Å². The zero-order chi connectivity index (χ0) is 11.9. The normalized spacial score (nSPS) is 35.2. The van der Waals surface area contributed by atoms with Gasteiger partial charge in [-0.3, -0.25) is 0 Å². The summed E-state index contributed by atoms with van der Waals surface area (Å²) in [5.41, 5.74) is -3.51. The summed E-state index contributed by atoms with van der Waals surface area (Å²) in [6.07, 6.45) is -6.44. The van der Waals surface area contributed by atoms with Crippen molar-refractivity contribution in [3.63, 3.8) is 0 Å². The molecule has 0 bridgehead atoms. The molecule has 1 saturated heterocycles. The fourth-order valence-electron chi connectivity index (χ4n) is 1.26. The molecule has 0 saturated carbocycles. The second-order valence-corrected chi connectivity index (χ2v) is 3.26. The Bertz CT molecular complexity index is 262. The summed E-state index contributed by atoms with van der Waals surface area (Å²) in [5, 5.41) is 0. The SMILES string of the molecule is C=COC1COC(C)(C(F)(F)F)C1(F)F. The molecule has 0 spiro atoms. The molecule has 2 unspecified atom stereocenters. The van der Waals surface area contributed by atoms with Gasteiger partial charge in [0.25, 0.3) is 0 Å². The van der Waals surface area contributed by atoms with Crippen LogP contribution in [0, 0.1) is 0 Å². The van der Waals surface area contributed by atoms with Gasteiger partial charge in [-0.25, -0.2) is 0 Å². The van der Waals surface area contributed by atoms with E-state index in [4.69, 9.17) is 0 Å². The molecular weight excluding hydrogens is 223 g/mol. The third kappa shape index (κ3) is 1.58. The van der Waals surface area contributed by atoms with Crippen molar-refractivity contribution in [2.24, 2.45) is 0 Å². The number of ether oxygens (including phenoxy) is 2.